The van der Waals surface area contributed by atoms with E-state index in [1.165, 1.54) is 0 Å². The van der Waals surface area contributed by atoms with E-state index in [1.807, 2.05) is 19.1 Å². The van der Waals surface area contributed by atoms with Crippen LogP contribution in [0.25, 0.3) is 0 Å². The van der Waals surface area contributed by atoms with Crippen molar-refractivity contribution in [2.24, 2.45) is 0 Å². The molecule has 1 rings (SSSR count). The third-order valence-corrected chi connectivity index (χ3v) is 1.83. The molecule has 0 radical (unpaired) electrons. The molecule has 14 heavy (non-hydrogen) atoms. The lowest BCUT2D eigenvalue weighted by molar-refractivity contribution is 0.0301. The first-order valence-corrected chi connectivity index (χ1v) is 5.07. The van der Waals surface area contributed by atoms with E-state index in [9.17, 15) is 0 Å². The zero-order chi connectivity index (χ0) is 10.1. The predicted octanol–water partition coefficient (Wildman–Crippen LogP) is 1.90. The second kappa shape index (κ2) is 7.59. The van der Waals surface area contributed by atoms with Gasteiger partial charge in [0.05, 0.1) is 25.6 Å². The van der Waals surface area contributed by atoms with Gasteiger partial charge in [0.1, 0.15) is 6.61 Å². The monoisotopic (exact) mass is 198 g/mol. The van der Waals surface area contributed by atoms with Crippen molar-refractivity contribution >= 4 is 0 Å². The fourth-order valence-electron chi connectivity index (χ4n) is 1.13. The molecule has 0 saturated carbocycles. The molecular weight excluding hydrogens is 180 g/mol. The van der Waals surface area contributed by atoms with Crippen molar-refractivity contribution in [3.8, 4) is 0 Å². The first kappa shape index (κ1) is 11.3. The van der Waals surface area contributed by atoms with Crippen LogP contribution in [0.3, 0.4) is 0 Å². The Morgan fingerprint density at radius 3 is 2.64 bits per heavy atom. The highest BCUT2D eigenvalue weighted by molar-refractivity contribution is 5.18. The van der Waals surface area contributed by atoms with Crippen LogP contribution in [0.4, 0.5) is 0 Å². The Kier molecular flexibility index (Phi) is 6.11. The van der Waals surface area contributed by atoms with Gasteiger partial charge in [0.15, 0.2) is 0 Å². The van der Waals surface area contributed by atoms with Crippen molar-refractivity contribution in [1.82, 2.24) is 0 Å². The fourth-order valence-corrected chi connectivity index (χ4v) is 1.13. The first-order valence-electron chi connectivity index (χ1n) is 5.07. The van der Waals surface area contributed by atoms with Crippen molar-refractivity contribution in [3.63, 3.8) is 0 Å². The molecule has 80 valence electrons. The molecule has 0 aliphatic heterocycles. The molecular formula is C11H18O3. The van der Waals surface area contributed by atoms with Gasteiger partial charge in [0.25, 0.3) is 0 Å². The lowest BCUT2D eigenvalue weighted by atomic mass is 10.4. The van der Waals surface area contributed by atoms with Crippen LogP contribution < -0.4 is 0 Å². The summed E-state index contributed by atoms with van der Waals surface area (Å²) in [4.78, 5) is 0. The zero-order valence-electron chi connectivity index (χ0n) is 8.70. The normalized spacial score (nSPS) is 14.5. The molecule has 0 unspecified atom stereocenters. The number of allylic oxidation sites excluding steroid dienone is 3. The van der Waals surface area contributed by atoms with E-state index >= 15 is 0 Å². The van der Waals surface area contributed by atoms with Gasteiger partial charge in [-0.1, -0.05) is 12.2 Å². The van der Waals surface area contributed by atoms with Crippen molar-refractivity contribution in [2.75, 3.05) is 33.0 Å². The molecule has 3 nitrogen and oxygen atoms in total. The molecule has 0 saturated heterocycles. The molecule has 0 aromatic carbocycles. The van der Waals surface area contributed by atoms with Gasteiger partial charge in [-0.25, -0.2) is 0 Å². The molecule has 0 aromatic heterocycles. The molecule has 1 aliphatic carbocycles. The second-order valence-electron chi connectivity index (χ2n) is 2.92. The maximum absolute atomic E-state index is 5.44. The second-order valence-corrected chi connectivity index (χ2v) is 2.92. The zero-order valence-corrected chi connectivity index (χ0v) is 8.70. The summed E-state index contributed by atoms with van der Waals surface area (Å²) in [6.07, 6.45) is 6.98. The van der Waals surface area contributed by atoms with Gasteiger partial charge in [-0.3, -0.25) is 0 Å². The SMILES string of the molecule is CCOCCOCCOC1=CC=CC1. The number of rotatable bonds is 8. The Morgan fingerprint density at radius 1 is 1.14 bits per heavy atom. The Labute approximate surface area is 85.3 Å². The molecule has 0 heterocycles. The average Bonchev–Trinajstić information content (AvgIpc) is 2.69. The lowest BCUT2D eigenvalue weighted by Crippen LogP contribution is -2.08. The van der Waals surface area contributed by atoms with Crippen molar-refractivity contribution in [3.05, 3.63) is 24.0 Å². The average molecular weight is 198 g/mol. The summed E-state index contributed by atoms with van der Waals surface area (Å²) >= 11 is 0. The fraction of sp³-hybridized carbons (Fsp3) is 0.636. The number of hydrogen-bond donors (Lipinski definition) is 0. The third kappa shape index (κ3) is 5.04. The minimum absolute atomic E-state index is 0.625. The smallest absolute Gasteiger partial charge is 0.111 e. The van der Waals surface area contributed by atoms with Gasteiger partial charge in [0.2, 0.25) is 0 Å². The van der Waals surface area contributed by atoms with Crippen molar-refractivity contribution < 1.29 is 14.2 Å². The topological polar surface area (TPSA) is 27.7 Å². The molecule has 1 aliphatic rings. The standard InChI is InChI=1S/C11H18O3/c1-2-12-7-8-13-9-10-14-11-5-3-4-6-11/h3-5H,2,6-10H2,1H3. The van der Waals surface area contributed by atoms with Gasteiger partial charge < -0.3 is 14.2 Å². The third-order valence-electron chi connectivity index (χ3n) is 1.83. The Morgan fingerprint density at radius 2 is 1.93 bits per heavy atom. The van der Waals surface area contributed by atoms with Crippen LogP contribution in [-0.4, -0.2) is 33.0 Å². The highest BCUT2D eigenvalue weighted by Crippen LogP contribution is 2.10. The maximum Gasteiger partial charge on any atom is 0.111 e. The number of ether oxygens (including phenoxy) is 3. The van der Waals surface area contributed by atoms with Crippen LogP contribution in [0.15, 0.2) is 24.0 Å². The van der Waals surface area contributed by atoms with Crippen LogP contribution in [0.5, 0.6) is 0 Å². The van der Waals surface area contributed by atoms with E-state index in [0.29, 0.717) is 26.4 Å². The van der Waals surface area contributed by atoms with Crippen LogP contribution in [0.1, 0.15) is 13.3 Å². The minimum atomic E-state index is 0.625. The lowest BCUT2D eigenvalue weighted by Gasteiger charge is -2.07. The Bertz CT molecular complexity index is 197. The summed E-state index contributed by atoms with van der Waals surface area (Å²) in [5, 5.41) is 0. The summed E-state index contributed by atoms with van der Waals surface area (Å²) in [6, 6.07) is 0. The van der Waals surface area contributed by atoms with Gasteiger partial charge in [-0.15, -0.1) is 0 Å². The van der Waals surface area contributed by atoms with Gasteiger partial charge >= 0.3 is 0 Å². The van der Waals surface area contributed by atoms with E-state index in [1.54, 1.807) is 0 Å². The predicted molar refractivity (Wildman–Crippen MR) is 55.1 cm³/mol. The van der Waals surface area contributed by atoms with E-state index < -0.39 is 0 Å². The van der Waals surface area contributed by atoms with Crippen LogP contribution in [0, 0.1) is 0 Å². The maximum atomic E-state index is 5.44. The molecule has 0 N–H and O–H groups in total. The summed E-state index contributed by atoms with van der Waals surface area (Å²) in [6.45, 7) is 5.29. The molecule has 0 amide bonds. The van der Waals surface area contributed by atoms with Gasteiger partial charge in [-0.2, -0.15) is 0 Å². The van der Waals surface area contributed by atoms with Crippen molar-refractivity contribution in [2.45, 2.75) is 13.3 Å². The first-order chi connectivity index (χ1) is 6.93. The van der Waals surface area contributed by atoms with Crippen LogP contribution >= 0.6 is 0 Å². The summed E-state index contributed by atoms with van der Waals surface area (Å²) in [5.41, 5.74) is 0. The van der Waals surface area contributed by atoms with Crippen LogP contribution in [-0.2, 0) is 14.2 Å². The minimum Gasteiger partial charge on any atom is -0.495 e. The van der Waals surface area contributed by atoms with Gasteiger partial charge in [0, 0.05) is 13.0 Å². The Balaban J connectivity index is 1.80. The highest BCUT2D eigenvalue weighted by atomic mass is 16.5. The van der Waals surface area contributed by atoms with E-state index in [0.717, 1.165) is 18.8 Å². The highest BCUT2D eigenvalue weighted by Gasteiger charge is 1.98. The summed E-state index contributed by atoms with van der Waals surface area (Å²) in [5.74, 6) is 1.03. The molecule has 0 bridgehead atoms. The molecule has 3 heteroatoms. The molecule has 0 aromatic rings. The van der Waals surface area contributed by atoms with E-state index in [-0.39, 0.29) is 0 Å². The number of hydrogen-bond acceptors (Lipinski definition) is 3. The summed E-state index contributed by atoms with van der Waals surface area (Å²) < 4.78 is 15.9. The largest absolute Gasteiger partial charge is 0.495 e. The Hall–Kier alpha value is -0.800. The molecule has 0 spiro atoms. The van der Waals surface area contributed by atoms with Crippen LogP contribution in [0.2, 0.25) is 0 Å². The molecule has 0 atom stereocenters. The van der Waals surface area contributed by atoms with Gasteiger partial charge in [-0.05, 0) is 13.0 Å². The van der Waals surface area contributed by atoms with Crippen molar-refractivity contribution in [1.29, 1.82) is 0 Å². The summed E-state index contributed by atoms with van der Waals surface area (Å²) in [7, 11) is 0. The van der Waals surface area contributed by atoms with E-state index in [2.05, 4.69) is 6.08 Å². The quantitative estimate of drug-likeness (QED) is 0.557. The molecule has 0 fully saturated rings. The van der Waals surface area contributed by atoms with E-state index in [4.69, 9.17) is 14.2 Å².